The molecule has 0 saturated heterocycles. The van der Waals surface area contributed by atoms with Crippen molar-refractivity contribution in [3.8, 4) is 11.5 Å². The third-order valence-electron chi connectivity index (χ3n) is 3.74. The van der Waals surface area contributed by atoms with E-state index >= 15 is 0 Å². The fraction of sp³-hybridized carbons (Fsp3) is 0.400. The van der Waals surface area contributed by atoms with Crippen molar-refractivity contribution in [1.82, 2.24) is 10.6 Å². The second kappa shape index (κ2) is 10.7. The predicted octanol–water partition coefficient (Wildman–Crippen LogP) is 2.33. The monoisotopic (exact) mass is 344 g/mol. The molecule has 1 unspecified atom stereocenters. The molecule has 0 bridgehead atoms. The van der Waals surface area contributed by atoms with E-state index in [4.69, 9.17) is 9.47 Å². The van der Waals surface area contributed by atoms with Crippen LogP contribution in [0.2, 0.25) is 0 Å². The Morgan fingerprint density at radius 3 is 2.48 bits per heavy atom. The summed E-state index contributed by atoms with van der Waals surface area (Å²) in [5.74, 6) is 1.51. The van der Waals surface area contributed by atoms with Gasteiger partial charge in [-0.15, -0.1) is 0 Å². The molecule has 5 nitrogen and oxygen atoms in total. The van der Waals surface area contributed by atoms with Crippen LogP contribution in [-0.4, -0.2) is 38.0 Å². The predicted molar refractivity (Wildman–Crippen MR) is 100 cm³/mol. The summed E-state index contributed by atoms with van der Waals surface area (Å²) in [4.78, 5) is 0. The number of para-hydroxylation sites is 1. The van der Waals surface area contributed by atoms with Crippen molar-refractivity contribution >= 4 is 0 Å². The molecule has 0 amide bonds. The number of aliphatic hydroxyl groups is 1. The minimum atomic E-state index is -0.323. The highest BCUT2D eigenvalue weighted by Gasteiger charge is 2.10. The van der Waals surface area contributed by atoms with Gasteiger partial charge in [-0.05, 0) is 18.6 Å². The van der Waals surface area contributed by atoms with E-state index in [1.807, 2.05) is 48.5 Å². The summed E-state index contributed by atoms with van der Waals surface area (Å²) in [7, 11) is 1.65. The average molecular weight is 344 g/mol. The van der Waals surface area contributed by atoms with E-state index in [2.05, 4.69) is 10.6 Å². The van der Waals surface area contributed by atoms with Gasteiger partial charge in [0.05, 0.1) is 13.2 Å². The molecule has 0 fully saturated rings. The van der Waals surface area contributed by atoms with Gasteiger partial charge < -0.3 is 25.2 Å². The average Bonchev–Trinajstić information content (AvgIpc) is 2.63. The lowest BCUT2D eigenvalue weighted by Crippen LogP contribution is -2.31. The molecule has 2 rings (SSSR count). The van der Waals surface area contributed by atoms with Gasteiger partial charge in [0.15, 0.2) is 11.5 Å². The fourth-order valence-corrected chi connectivity index (χ4v) is 2.47. The van der Waals surface area contributed by atoms with Crippen LogP contribution in [0.15, 0.2) is 48.5 Å². The zero-order valence-electron chi connectivity index (χ0n) is 15.0. The Morgan fingerprint density at radius 1 is 1.00 bits per heavy atom. The third kappa shape index (κ3) is 6.74. The van der Waals surface area contributed by atoms with Gasteiger partial charge in [0.25, 0.3) is 0 Å². The lowest BCUT2D eigenvalue weighted by molar-refractivity contribution is 0.191. The molecular formula is C20H28N2O3. The first-order valence-corrected chi connectivity index (χ1v) is 8.62. The Morgan fingerprint density at radius 2 is 1.76 bits per heavy atom. The number of hydrogen-bond donors (Lipinski definition) is 3. The summed E-state index contributed by atoms with van der Waals surface area (Å²) in [5.41, 5.74) is 2.18. The van der Waals surface area contributed by atoms with Crippen LogP contribution in [0.25, 0.3) is 0 Å². The smallest absolute Gasteiger partial charge is 0.166 e. The van der Waals surface area contributed by atoms with E-state index in [1.165, 1.54) is 0 Å². The fourth-order valence-electron chi connectivity index (χ4n) is 2.47. The van der Waals surface area contributed by atoms with Crippen molar-refractivity contribution in [3.63, 3.8) is 0 Å². The lowest BCUT2D eigenvalue weighted by atomic mass is 10.1. The van der Waals surface area contributed by atoms with Crippen molar-refractivity contribution in [2.45, 2.75) is 26.2 Å². The van der Waals surface area contributed by atoms with Gasteiger partial charge in [0.1, 0.15) is 6.61 Å². The molecule has 25 heavy (non-hydrogen) atoms. The second-order valence-electron chi connectivity index (χ2n) is 5.95. The molecule has 2 aromatic carbocycles. The van der Waals surface area contributed by atoms with E-state index in [0.29, 0.717) is 19.7 Å². The highest BCUT2D eigenvalue weighted by atomic mass is 16.5. The Kier molecular flexibility index (Phi) is 8.25. The quantitative estimate of drug-likeness (QED) is 0.546. The molecule has 0 radical (unpaired) electrons. The topological polar surface area (TPSA) is 62.8 Å². The molecule has 2 aromatic rings. The Labute approximate surface area is 150 Å². The Bertz CT molecular complexity index is 618. The molecular weight excluding hydrogens is 316 g/mol. The van der Waals surface area contributed by atoms with Gasteiger partial charge in [0, 0.05) is 31.7 Å². The van der Waals surface area contributed by atoms with Crippen molar-refractivity contribution in [3.05, 3.63) is 59.7 Å². The first-order valence-electron chi connectivity index (χ1n) is 8.62. The minimum Gasteiger partial charge on any atom is -0.493 e. The Hall–Kier alpha value is -2.08. The summed E-state index contributed by atoms with van der Waals surface area (Å²) in [6, 6.07) is 16.0. The van der Waals surface area contributed by atoms with Crippen molar-refractivity contribution in [2.75, 3.05) is 26.7 Å². The van der Waals surface area contributed by atoms with E-state index in [9.17, 15) is 5.11 Å². The standard InChI is InChI=1S/C20H28N2O3/c1-16(23)13-21-11-12-22-14-18-9-6-10-19(24-2)20(18)25-15-17-7-4-3-5-8-17/h3-10,16,21-23H,11-15H2,1-2H3. The number of ether oxygens (including phenoxy) is 2. The SMILES string of the molecule is COc1cccc(CNCCNCC(C)O)c1OCc1ccccc1. The molecule has 0 aliphatic rings. The second-order valence-corrected chi connectivity index (χ2v) is 5.95. The summed E-state index contributed by atoms with van der Waals surface area (Å²) in [5, 5.41) is 15.8. The van der Waals surface area contributed by atoms with Gasteiger partial charge in [-0.3, -0.25) is 0 Å². The van der Waals surface area contributed by atoms with E-state index in [1.54, 1.807) is 14.0 Å². The molecule has 0 aromatic heterocycles. The molecule has 3 N–H and O–H groups in total. The Balaban J connectivity index is 1.91. The summed E-state index contributed by atoms with van der Waals surface area (Å²) < 4.78 is 11.5. The van der Waals surface area contributed by atoms with Crippen LogP contribution in [0, 0.1) is 0 Å². The van der Waals surface area contributed by atoms with Crippen LogP contribution in [0.3, 0.4) is 0 Å². The van der Waals surface area contributed by atoms with Crippen molar-refractivity contribution in [1.29, 1.82) is 0 Å². The number of benzene rings is 2. The zero-order valence-corrected chi connectivity index (χ0v) is 15.0. The van der Waals surface area contributed by atoms with Crippen molar-refractivity contribution < 1.29 is 14.6 Å². The lowest BCUT2D eigenvalue weighted by Gasteiger charge is -2.16. The summed E-state index contributed by atoms with van der Waals surface area (Å²) in [6.45, 7) is 5.18. The summed E-state index contributed by atoms with van der Waals surface area (Å²) >= 11 is 0. The van der Waals surface area contributed by atoms with Crippen LogP contribution < -0.4 is 20.1 Å². The van der Waals surface area contributed by atoms with Gasteiger partial charge in [0.2, 0.25) is 0 Å². The number of rotatable bonds is 11. The van der Waals surface area contributed by atoms with Gasteiger partial charge >= 0.3 is 0 Å². The molecule has 136 valence electrons. The van der Waals surface area contributed by atoms with E-state index < -0.39 is 0 Å². The highest BCUT2D eigenvalue weighted by molar-refractivity contribution is 5.46. The largest absolute Gasteiger partial charge is 0.493 e. The first-order chi connectivity index (χ1) is 12.2. The van der Waals surface area contributed by atoms with Crippen LogP contribution in [-0.2, 0) is 13.2 Å². The zero-order chi connectivity index (χ0) is 17.9. The number of hydrogen-bond acceptors (Lipinski definition) is 5. The highest BCUT2D eigenvalue weighted by Crippen LogP contribution is 2.31. The van der Waals surface area contributed by atoms with E-state index in [0.717, 1.165) is 35.7 Å². The van der Waals surface area contributed by atoms with E-state index in [-0.39, 0.29) is 6.10 Å². The maximum absolute atomic E-state index is 9.22. The van der Waals surface area contributed by atoms with Crippen LogP contribution in [0.4, 0.5) is 0 Å². The van der Waals surface area contributed by atoms with Crippen LogP contribution in [0.1, 0.15) is 18.1 Å². The van der Waals surface area contributed by atoms with Crippen molar-refractivity contribution in [2.24, 2.45) is 0 Å². The number of methoxy groups -OCH3 is 1. The minimum absolute atomic E-state index is 0.323. The molecule has 0 aliphatic heterocycles. The maximum atomic E-state index is 9.22. The van der Waals surface area contributed by atoms with Gasteiger partial charge in [-0.2, -0.15) is 0 Å². The molecule has 5 heteroatoms. The third-order valence-corrected chi connectivity index (χ3v) is 3.74. The van der Waals surface area contributed by atoms with Gasteiger partial charge in [-0.25, -0.2) is 0 Å². The van der Waals surface area contributed by atoms with Crippen LogP contribution in [0.5, 0.6) is 11.5 Å². The molecule has 0 spiro atoms. The molecule has 0 saturated carbocycles. The van der Waals surface area contributed by atoms with Gasteiger partial charge in [-0.1, -0.05) is 42.5 Å². The molecule has 1 atom stereocenters. The normalized spacial score (nSPS) is 12.0. The maximum Gasteiger partial charge on any atom is 0.166 e. The molecule has 0 heterocycles. The van der Waals surface area contributed by atoms with Crippen LogP contribution >= 0.6 is 0 Å². The number of nitrogens with one attached hydrogen (secondary N) is 2. The first kappa shape index (κ1) is 19.2. The number of aliphatic hydroxyl groups excluding tert-OH is 1. The summed E-state index contributed by atoms with van der Waals surface area (Å²) in [6.07, 6.45) is -0.323. The molecule has 0 aliphatic carbocycles.